The number of benzene rings is 1. The number of carboxylic acids is 1. The first-order valence-corrected chi connectivity index (χ1v) is 9.55. The van der Waals surface area contributed by atoms with Crippen LogP contribution in [0.1, 0.15) is 22.9 Å². The number of aliphatic carboxylic acids is 1. The predicted molar refractivity (Wildman–Crippen MR) is 105 cm³/mol. The van der Waals surface area contributed by atoms with E-state index in [0.29, 0.717) is 6.61 Å². The van der Waals surface area contributed by atoms with Crippen LogP contribution in [0.3, 0.4) is 0 Å². The highest BCUT2D eigenvalue weighted by Gasteiger charge is 2.38. The molecule has 0 spiro atoms. The first-order chi connectivity index (χ1) is 14.7. The summed E-state index contributed by atoms with van der Waals surface area (Å²) in [5, 5.41) is 15.3. The van der Waals surface area contributed by atoms with E-state index in [1.54, 1.807) is 14.2 Å². The van der Waals surface area contributed by atoms with Gasteiger partial charge >= 0.3 is 12.1 Å². The molecule has 0 aliphatic carbocycles. The molecule has 0 amide bonds. The number of ether oxygens (including phenoxy) is 3. The standard InChI is InChI=1S/C18H25N3O3.C2HF3O2/c1-22-9-7-21-13-15-6-8-24-17(18(15)20-21)12-19-11-14-4-3-5-16(10-14)23-2;3-2(4,5)1(6)7/h3-5,10,13,17,19H,6-9,11-12H2,1-2H3;(H,6,7). The lowest BCUT2D eigenvalue weighted by molar-refractivity contribution is -0.192. The molecule has 1 aliphatic rings. The van der Waals surface area contributed by atoms with E-state index in [9.17, 15) is 13.2 Å². The second-order valence-electron chi connectivity index (χ2n) is 6.69. The molecule has 0 saturated carbocycles. The van der Waals surface area contributed by atoms with Gasteiger partial charge in [0.15, 0.2) is 0 Å². The quantitative estimate of drug-likeness (QED) is 0.645. The zero-order valence-electron chi connectivity index (χ0n) is 17.3. The van der Waals surface area contributed by atoms with Gasteiger partial charge in [0, 0.05) is 26.4 Å². The Kier molecular flexibility index (Phi) is 9.28. The first-order valence-electron chi connectivity index (χ1n) is 9.55. The van der Waals surface area contributed by atoms with Crippen LogP contribution in [-0.4, -0.2) is 61.0 Å². The number of aromatic nitrogens is 2. The van der Waals surface area contributed by atoms with Gasteiger partial charge in [-0.15, -0.1) is 0 Å². The van der Waals surface area contributed by atoms with Crippen molar-refractivity contribution in [2.75, 3.05) is 34.0 Å². The van der Waals surface area contributed by atoms with Crippen LogP contribution in [0.2, 0.25) is 0 Å². The largest absolute Gasteiger partial charge is 0.497 e. The van der Waals surface area contributed by atoms with Gasteiger partial charge in [0.25, 0.3) is 0 Å². The Balaban J connectivity index is 0.000000423. The van der Waals surface area contributed by atoms with Crippen molar-refractivity contribution in [2.24, 2.45) is 0 Å². The minimum absolute atomic E-state index is 0.00292. The van der Waals surface area contributed by atoms with Gasteiger partial charge in [-0.3, -0.25) is 4.68 Å². The highest BCUT2D eigenvalue weighted by molar-refractivity contribution is 5.73. The Morgan fingerprint density at radius 2 is 2.13 bits per heavy atom. The monoisotopic (exact) mass is 445 g/mol. The van der Waals surface area contributed by atoms with E-state index in [1.165, 1.54) is 11.1 Å². The van der Waals surface area contributed by atoms with Gasteiger partial charge in [0.05, 0.1) is 32.6 Å². The smallest absolute Gasteiger partial charge is 0.490 e. The Morgan fingerprint density at radius 1 is 1.39 bits per heavy atom. The zero-order chi connectivity index (χ0) is 22.9. The Bertz CT molecular complexity index is 842. The third kappa shape index (κ3) is 7.85. The van der Waals surface area contributed by atoms with Gasteiger partial charge in [0.1, 0.15) is 11.9 Å². The van der Waals surface area contributed by atoms with Gasteiger partial charge < -0.3 is 24.6 Å². The Hall–Kier alpha value is -2.63. The van der Waals surface area contributed by atoms with E-state index in [1.807, 2.05) is 22.9 Å². The predicted octanol–water partition coefficient (Wildman–Crippen LogP) is 2.58. The van der Waals surface area contributed by atoms with Crippen LogP contribution in [0.25, 0.3) is 0 Å². The van der Waals surface area contributed by atoms with Crippen LogP contribution in [0.5, 0.6) is 5.75 Å². The molecule has 2 aromatic rings. The van der Waals surface area contributed by atoms with E-state index in [-0.39, 0.29) is 6.10 Å². The van der Waals surface area contributed by atoms with Crippen LogP contribution >= 0.6 is 0 Å². The van der Waals surface area contributed by atoms with E-state index in [0.717, 1.165) is 44.1 Å². The number of alkyl halides is 3. The number of nitrogens with zero attached hydrogens (tertiary/aromatic N) is 2. The minimum Gasteiger partial charge on any atom is -0.497 e. The molecule has 1 aromatic heterocycles. The highest BCUT2D eigenvalue weighted by atomic mass is 19.4. The van der Waals surface area contributed by atoms with Gasteiger partial charge in [-0.25, -0.2) is 4.79 Å². The van der Waals surface area contributed by atoms with Crippen molar-refractivity contribution in [2.45, 2.75) is 31.8 Å². The van der Waals surface area contributed by atoms with E-state index in [4.69, 9.17) is 24.1 Å². The maximum atomic E-state index is 10.6. The molecular formula is C20H26F3N3O5. The number of rotatable bonds is 8. The Morgan fingerprint density at radius 3 is 2.77 bits per heavy atom. The van der Waals surface area contributed by atoms with Crippen molar-refractivity contribution < 1.29 is 37.3 Å². The number of carbonyl (C=O) groups is 1. The molecule has 2 heterocycles. The summed E-state index contributed by atoms with van der Waals surface area (Å²) >= 11 is 0. The van der Waals surface area contributed by atoms with Gasteiger partial charge in [-0.2, -0.15) is 18.3 Å². The number of carboxylic acid groups (broad SMARTS) is 1. The summed E-state index contributed by atoms with van der Waals surface area (Å²) in [7, 11) is 3.39. The number of nitrogens with one attached hydrogen (secondary N) is 1. The van der Waals surface area contributed by atoms with E-state index < -0.39 is 12.1 Å². The van der Waals surface area contributed by atoms with Crippen LogP contribution in [0.4, 0.5) is 13.2 Å². The number of fused-ring (bicyclic) bond motifs is 1. The summed E-state index contributed by atoms with van der Waals surface area (Å²) in [6, 6.07) is 8.08. The fourth-order valence-electron chi connectivity index (χ4n) is 2.92. The topological polar surface area (TPSA) is 94.8 Å². The number of methoxy groups -OCH3 is 2. The molecule has 0 saturated heterocycles. The lowest BCUT2D eigenvalue weighted by Gasteiger charge is -2.22. The molecule has 8 nitrogen and oxygen atoms in total. The zero-order valence-corrected chi connectivity index (χ0v) is 17.3. The fraction of sp³-hybridized carbons (Fsp3) is 0.500. The summed E-state index contributed by atoms with van der Waals surface area (Å²) < 4.78 is 50.0. The average Bonchev–Trinajstić information content (AvgIpc) is 3.16. The lowest BCUT2D eigenvalue weighted by Crippen LogP contribution is -2.27. The molecule has 31 heavy (non-hydrogen) atoms. The first kappa shape index (κ1) is 24.6. The number of halogens is 3. The number of hydrogen-bond donors (Lipinski definition) is 2. The third-order valence-electron chi connectivity index (χ3n) is 4.43. The molecule has 0 bridgehead atoms. The summed E-state index contributed by atoms with van der Waals surface area (Å²) in [6.45, 7) is 3.70. The van der Waals surface area contributed by atoms with Crippen LogP contribution < -0.4 is 10.1 Å². The summed E-state index contributed by atoms with van der Waals surface area (Å²) in [5.74, 6) is -1.88. The van der Waals surface area contributed by atoms with Crippen LogP contribution in [0, 0.1) is 0 Å². The molecule has 2 N–H and O–H groups in total. The minimum atomic E-state index is -5.08. The fourth-order valence-corrected chi connectivity index (χ4v) is 2.92. The van der Waals surface area contributed by atoms with Gasteiger partial charge in [-0.1, -0.05) is 12.1 Å². The van der Waals surface area contributed by atoms with E-state index >= 15 is 0 Å². The highest BCUT2D eigenvalue weighted by Crippen LogP contribution is 2.25. The maximum absolute atomic E-state index is 10.6. The van der Waals surface area contributed by atoms with Crippen molar-refractivity contribution in [3.63, 3.8) is 0 Å². The van der Waals surface area contributed by atoms with Gasteiger partial charge in [-0.05, 0) is 29.7 Å². The second kappa shape index (κ2) is 11.7. The van der Waals surface area contributed by atoms with Crippen molar-refractivity contribution in [1.82, 2.24) is 15.1 Å². The molecule has 1 unspecified atom stereocenters. The summed E-state index contributed by atoms with van der Waals surface area (Å²) in [4.78, 5) is 8.90. The molecule has 3 rings (SSSR count). The van der Waals surface area contributed by atoms with Crippen molar-refractivity contribution in [1.29, 1.82) is 0 Å². The SMILES string of the molecule is COCCn1cc2c(n1)C(CNCc1cccc(OC)c1)OCC2.O=C(O)C(F)(F)F. The summed E-state index contributed by atoms with van der Waals surface area (Å²) in [5.41, 5.74) is 3.53. The maximum Gasteiger partial charge on any atom is 0.490 e. The summed E-state index contributed by atoms with van der Waals surface area (Å²) in [6.07, 6.45) is -2.04. The average molecular weight is 445 g/mol. The van der Waals surface area contributed by atoms with Crippen molar-refractivity contribution in [3.8, 4) is 5.75 Å². The molecular weight excluding hydrogens is 419 g/mol. The molecule has 0 radical (unpaired) electrons. The van der Waals surface area contributed by atoms with Crippen LogP contribution in [-0.2, 0) is 33.8 Å². The normalized spacial score (nSPS) is 15.6. The van der Waals surface area contributed by atoms with Crippen LogP contribution in [0.15, 0.2) is 30.5 Å². The lowest BCUT2D eigenvalue weighted by atomic mass is 10.1. The molecule has 0 fully saturated rings. The second-order valence-corrected chi connectivity index (χ2v) is 6.69. The van der Waals surface area contributed by atoms with Crippen molar-refractivity contribution >= 4 is 5.97 Å². The molecule has 1 aromatic carbocycles. The molecule has 172 valence electrons. The van der Waals surface area contributed by atoms with E-state index in [2.05, 4.69) is 22.7 Å². The van der Waals surface area contributed by atoms with Crippen molar-refractivity contribution in [3.05, 3.63) is 47.3 Å². The molecule has 1 atom stereocenters. The Labute approximate surface area is 177 Å². The molecule has 11 heteroatoms. The third-order valence-corrected chi connectivity index (χ3v) is 4.43. The molecule has 1 aliphatic heterocycles. The number of hydrogen-bond acceptors (Lipinski definition) is 6. The van der Waals surface area contributed by atoms with Gasteiger partial charge in [0.2, 0.25) is 0 Å².